The van der Waals surface area contributed by atoms with Crippen LogP contribution in [-0.2, 0) is 20.9 Å². The Balaban J connectivity index is 0.000000880. The fourth-order valence-electron chi connectivity index (χ4n) is 2.76. The minimum Gasteiger partial charge on any atom is -0.400 e. The highest BCUT2D eigenvalue weighted by Crippen LogP contribution is 2.15. The zero-order chi connectivity index (χ0) is 22.8. The minimum atomic E-state index is -0.940. The van der Waals surface area contributed by atoms with Crippen LogP contribution in [0.25, 0.3) is 0 Å². The first kappa shape index (κ1) is 27.2. The Morgan fingerprint density at radius 3 is 2.00 bits per heavy atom. The number of carbonyl (C=O) groups is 3. The molecule has 0 radical (unpaired) electrons. The number of amidine groups is 1. The second kappa shape index (κ2) is 17.1. The number of aliphatic hydroxyl groups excluding tert-OH is 1. The maximum atomic E-state index is 12.0. The molecule has 0 aliphatic heterocycles. The Labute approximate surface area is 178 Å². The van der Waals surface area contributed by atoms with Crippen molar-refractivity contribution in [2.45, 2.75) is 57.5 Å². The van der Waals surface area contributed by atoms with Gasteiger partial charge in [0.25, 0.3) is 0 Å². The van der Waals surface area contributed by atoms with Crippen molar-refractivity contribution in [3.63, 3.8) is 0 Å². The zero-order valence-corrected chi connectivity index (χ0v) is 17.7. The standard InChI is InChI=1S/C14H19N5O3.C6H12.CH4O/c15-7-12(21)19-11(5-6-20)14(22)18-8-9-1-3-10(4-2-9)13(16)17;1-2-4-6-5-3-1;1-2/h1-4,6,11H,5,7-8,15H2,(H3,16,17)(H,18,22)(H,19,21);1-6H2;2H,1H3. The third-order valence-corrected chi connectivity index (χ3v) is 4.40. The van der Waals surface area contributed by atoms with Gasteiger partial charge in [-0.25, -0.2) is 0 Å². The molecular formula is C21H35N5O4. The summed E-state index contributed by atoms with van der Waals surface area (Å²) in [5.74, 6) is -1.01. The molecule has 0 aromatic heterocycles. The quantitative estimate of drug-likeness (QED) is 0.203. The van der Waals surface area contributed by atoms with E-state index in [4.69, 9.17) is 22.0 Å². The Morgan fingerprint density at radius 2 is 1.60 bits per heavy atom. The molecule has 1 aliphatic rings. The summed E-state index contributed by atoms with van der Waals surface area (Å²) in [5, 5.41) is 19.3. The molecule has 8 N–H and O–H groups in total. The minimum absolute atomic E-state index is 0.0360. The Kier molecular flexibility index (Phi) is 15.5. The van der Waals surface area contributed by atoms with Crippen LogP contribution in [0.5, 0.6) is 0 Å². The normalized spacial score (nSPS) is 13.3. The Hall–Kier alpha value is -2.78. The van der Waals surface area contributed by atoms with Crippen LogP contribution in [0.4, 0.5) is 0 Å². The van der Waals surface area contributed by atoms with Crippen molar-refractivity contribution in [3.8, 4) is 0 Å². The highest BCUT2D eigenvalue weighted by molar-refractivity contribution is 5.95. The van der Waals surface area contributed by atoms with E-state index in [9.17, 15) is 14.4 Å². The lowest BCUT2D eigenvalue weighted by Crippen LogP contribution is -2.48. The molecule has 1 atom stereocenters. The van der Waals surface area contributed by atoms with Gasteiger partial charge in [-0.15, -0.1) is 0 Å². The summed E-state index contributed by atoms with van der Waals surface area (Å²) >= 11 is 0. The second-order valence-corrected chi connectivity index (χ2v) is 6.68. The van der Waals surface area contributed by atoms with Crippen molar-refractivity contribution in [2.75, 3.05) is 13.7 Å². The fourth-order valence-corrected chi connectivity index (χ4v) is 2.76. The average molecular weight is 422 g/mol. The van der Waals surface area contributed by atoms with Crippen LogP contribution >= 0.6 is 0 Å². The van der Waals surface area contributed by atoms with Crippen molar-refractivity contribution >= 4 is 23.9 Å². The van der Waals surface area contributed by atoms with Crippen molar-refractivity contribution < 1.29 is 19.5 Å². The van der Waals surface area contributed by atoms with E-state index in [1.165, 1.54) is 38.5 Å². The lowest BCUT2D eigenvalue weighted by atomic mass is 10.0. The number of nitrogens with two attached hydrogens (primary N) is 2. The number of benzene rings is 1. The maximum absolute atomic E-state index is 12.0. The van der Waals surface area contributed by atoms with E-state index < -0.39 is 17.9 Å². The number of nitrogen functional groups attached to an aromatic ring is 1. The van der Waals surface area contributed by atoms with E-state index in [0.29, 0.717) is 11.8 Å². The van der Waals surface area contributed by atoms with Gasteiger partial charge in [-0.3, -0.25) is 15.0 Å². The summed E-state index contributed by atoms with van der Waals surface area (Å²) in [6, 6.07) is 5.85. The summed E-state index contributed by atoms with van der Waals surface area (Å²) in [5.41, 5.74) is 11.9. The Bertz CT molecular complexity index is 634. The number of aliphatic hydroxyl groups is 1. The molecule has 0 heterocycles. The molecule has 1 saturated carbocycles. The van der Waals surface area contributed by atoms with Crippen molar-refractivity contribution in [1.29, 1.82) is 5.41 Å². The first-order valence-electron chi connectivity index (χ1n) is 10.1. The van der Waals surface area contributed by atoms with Gasteiger partial charge < -0.3 is 32.0 Å². The monoisotopic (exact) mass is 421 g/mol. The van der Waals surface area contributed by atoms with E-state index in [0.717, 1.165) is 12.7 Å². The molecule has 30 heavy (non-hydrogen) atoms. The number of hydrogen-bond donors (Lipinski definition) is 6. The molecule has 0 saturated heterocycles. The number of rotatable bonds is 8. The maximum Gasteiger partial charge on any atom is 0.243 e. The van der Waals surface area contributed by atoms with Crippen LogP contribution < -0.4 is 22.1 Å². The number of nitrogens with one attached hydrogen (secondary N) is 3. The van der Waals surface area contributed by atoms with E-state index in [-0.39, 0.29) is 25.3 Å². The van der Waals surface area contributed by atoms with Gasteiger partial charge in [-0.1, -0.05) is 62.8 Å². The van der Waals surface area contributed by atoms with Gasteiger partial charge >= 0.3 is 0 Å². The Morgan fingerprint density at radius 1 is 1.10 bits per heavy atom. The van der Waals surface area contributed by atoms with E-state index in [2.05, 4.69) is 10.6 Å². The van der Waals surface area contributed by atoms with Gasteiger partial charge in [-0.05, 0) is 5.56 Å². The predicted octanol–water partition coefficient (Wildman–Crippen LogP) is 0.568. The summed E-state index contributed by atoms with van der Waals surface area (Å²) in [6.07, 6.45) is 9.43. The van der Waals surface area contributed by atoms with Gasteiger partial charge in [0, 0.05) is 25.6 Å². The molecular weight excluding hydrogens is 386 g/mol. The van der Waals surface area contributed by atoms with Gasteiger partial charge in [-0.2, -0.15) is 0 Å². The molecule has 1 aliphatic carbocycles. The van der Waals surface area contributed by atoms with Crippen LogP contribution in [0.3, 0.4) is 0 Å². The van der Waals surface area contributed by atoms with Crippen LogP contribution in [0.1, 0.15) is 56.1 Å². The summed E-state index contributed by atoms with van der Waals surface area (Å²) in [4.78, 5) is 33.7. The lowest BCUT2D eigenvalue weighted by Gasteiger charge is -2.16. The zero-order valence-electron chi connectivity index (χ0n) is 17.7. The summed E-state index contributed by atoms with van der Waals surface area (Å²) < 4.78 is 0. The third-order valence-electron chi connectivity index (χ3n) is 4.40. The molecule has 0 bridgehead atoms. The van der Waals surface area contributed by atoms with Crippen molar-refractivity contribution in [1.82, 2.24) is 10.6 Å². The number of amides is 2. The van der Waals surface area contributed by atoms with Crippen LogP contribution in [0.2, 0.25) is 0 Å². The van der Waals surface area contributed by atoms with Crippen LogP contribution in [0, 0.1) is 5.41 Å². The van der Waals surface area contributed by atoms with Gasteiger partial charge in [0.2, 0.25) is 11.8 Å². The van der Waals surface area contributed by atoms with E-state index in [1.54, 1.807) is 24.3 Å². The number of hydrogen-bond acceptors (Lipinski definition) is 6. The van der Waals surface area contributed by atoms with Gasteiger partial charge in [0.15, 0.2) is 0 Å². The third kappa shape index (κ3) is 11.9. The van der Waals surface area contributed by atoms with Gasteiger partial charge in [0.05, 0.1) is 6.54 Å². The molecule has 2 amide bonds. The van der Waals surface area contributed by atoms with Crippen LogP contribution in [-0.4, -0.2) is 48.7 Å². The molecule has 1 aromatic rings. The number of carbonyl (C=O) groups excluding carboxylic acids is 3. The first-order valence-corrected chi connectivity index (χ1v) is 10.1. The largest absolute Gasteiger partial charge is 0.400 e. The fraction of sp³-hybridized carbons (Fsp3) is 0.524. The molecule has 1 aromatic carbocycles. The SMILES string of the molecule is C1CCCCC1.CO.N=C(N)c1ccc(CNC(=O)C(CC=O)NC(=O)CN)cc1. The van der Waals surface area contributed by atoms with Crippen molar-refractivity contribution in [2.24, 2.45) is 11.5 Å². The predicted molar refractivity (Wildman–Crippen MR) is 117 cm³/mol. The summed E-state index contributed by atoms with van der Waals surface area (Å²) in [6.45, 7) is -0.0278. The number of aldehydes is 1. The van der Waals surface area contributed by atoms with E-state index >= 15 is 0 Å². The lowest BCUT2D eigenvalue weighted by molar-refractivity contribution is -0.129. The average Bonchev–Trinajstić information content (AvgIpc) is 2.80. The molecule has 1 fully saturated rings. The molecule has 1 unspecified atom stereocenters. The molecule has 9 heteroatoms. The molecule has 9 nitrogen and oxygen atoms in total. The van der Waals surface area contributed by atoms with E-state index in [1.807, 2.05) is 0 Å². The van der Waals surface area contributed by atoms with Gasteiger partial charge in [0.1, 0.15) is 18.2 Å². The van der Waals surface area contributed by atoms with Crippen molar-refractivity contribution in [3.05, 3.63) is 35.4 Å². The molecule has 0 spiro atoms. The second-order valence-electron chi connectivity index (χ2n) is 6.68. The molecule has 168 valence electrons. The topological polar surface area (TPSA) is 171 Å². The molecule has 2 rings (SSSR count). The highest BCUT2D eigenvalue weighted by Gasteiger charge is 2.19. The first-order chi connectivity index (χ1) is 14.5. The summed E-state index contributed by atoms with van der Waals surface area (Å²) in [7, 11) is 1.00. The smallest absolute Gasteiger partial charge is 0.243 e. The van der Waals surface area contributed by atoms with Crippen LogP contribution in [0.15, 0.2) is 24.3 Å². The highest BCUT2D eigenvalue weighted by atomic mass is 16.2.